The molecule has 1 heterocycles. The van der Waals surface area contributed by atoms with E-state index in [4.69, 9.17) is 11.6 Å². The van der Waals surface area contributed by atoms with Crippen LogP contribution in [0.4, 0.5) is 4.39 Å². The summed E-state index contributed by atoms with van der Waals surface area (Å²) in [6.07, 6.45) is 1.15. The van der Waals surface area contributed by atoms with Gasteiger partial charge in [-0.1, -0.05) is 41.9 Å². The molecular weight excluding hydrogens is 355 g/mol. The van der Waals surface area contributed by atoms with Gasteiger partial charge in [0.15, 0.2) is 0 Å². The molecule has 1 aliphatic heterocycles. The summed E-state index contributed by atoms with van der Waals surface area (Å²) in [5.41, 5.74) is 1.10. The third-order valence-corrected chi connectivity index (χ3v) is 4.78. The van der Waals surface area contributed by atoms with Crippen molar-refractivity contribution in [3.05, 3.63) is 70.5 Å². The molecule has 1 fully saturated rings. The van der Waals surface area contributed by atoms with E-state index in [1.165, 1.54) is 18.2 Å². The molecule has 0 radical (unpaired) electrons. The Morgan fingerprint density at radius 3 is 2.31 bits per heavy atom. The van der Waals surface area contributed by atoms with E-state index >= 15 is 0 Å². The predicted molar refractivity (Wildman–Crippen MR) is 98.7 cm³/mol. The van der Waals surface area contributed by atoms with Gasteiger partial charge in [0, 0.05) is 37.6 Å². The van der Waals surface area contributed by atoms with Gasteiger partial charge in [0.25, 0.3) is 5.91 Å². The summed E-state index contributed by atoms with van der Waals surface area (Å²) < 4.78 is 13.9. The quantitative estimate of drug-likeness (QED) is 0.823. The number of amides is 2. The molecule has 136 valence electrons. The van der Waals surface area contributed by atoms with E-state index in [1.807, 2.05) is 30.3 Å². The van der Waals surface area contributed by atoms with Gasteiger partial charge in [0.2, 0.25) is 5.91 Å². The van der Waals surface area contributed by atoms with Crippen LogP contribution in [-0.2, 0) is 11.2 Å². The van der Waals surface area contributed by atoms with Crippen LogP contribution < -0.4 is 0 Å². The second-order valence-electron chi connectivity index (χ2n) is 6.28. The monoisotopic (exact) mass is 374 g/mol. The standard InChI is InChI=1S/C20H20ClFN2O2/c21-16-7-8-18(22)17(14-16)20(26)24-12-10-23(11-13-24)19(25)9-6-15-4-2-1-3-5-15/h1-5,7-8,14H,6,9-13H2. The Labute approximate surface area is 157 Å². The number of piperazine rings is 1. The van der Waals surface area contributed by atoms with E-state index in [0.717, 1.165) is 5.56 Å². The Hall–Kier alpha value is -2.40. The van der Waals surface area contributed by atoms with Gasteiger partial charge in [0.05, 0.1) is 5.56 Å². The average Bonchev–Trinajstić information content (AvgIpc) is 2.68. The first kappa shape index (κ1) is 18.4. The molecule has 2 aromatic carbocycles. The van der Waals surface area contributed by atoms with Crippen molar-refractivity contribution in [1.29, 1.82) is 0 Å². The van der Waals surface area contributed by atoms with Gasteiger partial charge in [-0.2, -0.15) is 0 Å². The molecular formula is C20H20ClFN2O2. The van der Waals surface area contributed by atoms with Gasteiger partial charge in [0.1, 0.15) is 5.82 Å². The fourth-order valence-corrected chi connectivity index (χ4v) is 3.22. The lowest BCUT2D eigenvalue weighted by Crippen LogP contribution is -2.50. The second kappa shape index (κ2) is 8.32. The SMILES string of the molecule is O=C(CCc1ccccc1)N1CCN(C(=O)c2cc(Cl)ccc2F)CC1. The molecule has 1 aliphatic rings. The first-order valence-electron chi connectivity index (χ1n) is 8.60. The van der Waals surface area contributed by atoms with Crippen molar-refractivity contribution in [1.82, 2.24) is 9.80 Å². The van der Waals surface area contributed by atoms with E-state index in [0.29, 0.717) is 44.0 Å². The fraction of sp³-hybridized carbons (Fsp3) is 0.300. The van der Waals surface area contributed by atoms with Gasteiger partial charge in [-0.05, 0) is 30.2 Å². The Bertz CT molecular complexity index is 790. The minimum atomic E-state index is -0.583. The molecule has 4 nitrogen and oxygen atoms in total. The number of carbonyl (C=O) groups excluding carboxylic acids is 2. The van der Waals surface area contributed by atoms with Crippen molar-refractivity contribution in [2.45, 2.75) is 12.8 Å². The molecule has 1 saturated heterocycles. The zero-order chi connectivity index (χ0) is 18.5. The van der Waals surface area contributed by atoms with E-state index in [-0.39, 0.29) is 17.4 Å². The van der Waals surface area contributed by atoms with Gasteiger partial charge in [-0.25, -0.2) is 4.39 Å². The van der Waals surface area contributed by atoms with Crippen molar-refractivity contribution >= 4 is 23.4 Å². The van der Waals surface area contributed by atoms with Crippen LogP contribution >= 0.6 is 11.6 Å². The molecule has 2 amide bonds. The molecule has 0 aliphatic carbocycles. The number of nitrogens with zero attached hydrogens (tertiary/aromatic N) is 2. The fourth-order valence-electron chi connectivity index (χ4n) is 3.04. The molecule has 0 unspecified atom stereocenters. The van der Waals surface area contributed by atoms with Crippen LogP contribution in [0.25, 0.3) is 0 Å². The number of rotatable bonds is 4. The zero-order valence-electron chi connectivity index (χ0n) is 14.3. The first-order valence-corrected chi connectivity index (χ1v) is 8.98. The first-order chi connectivity index (χ1) is 12.5. The Morgan fingerprint density at radius 2 is 1.62 bits per heavy atom. The maximum Gasteiger partial charge on any atom is 0.257 e. The normalized spacial score (nSPS) is 14.4. The number of halogens is 2. The molecule has 2 aromatic rings. The third-order valence-electron chi connectivity index (χ3n) is 4.55. The summed E-state index contributed by atoms with van der Waals surface area (Å²) in [6.45, 7) is 1.70. The van der Waals surface area contributed by atoms with Crippen LogP contribution in [0, 0.1) is 5.82 Å². The largest absolute Gasteiger partial charge is 0.339 e. The topological polar surface area (TPSA) is 40.6 Å². The number of benzene rings is 2. The van der Waals surface area contributed by atoms with Gasteiger partial charge >= 0.3 is 0 Å². The summed E-state index contributed by atoms with van der Waals surface area (Å²) in [5.74, 6) is -0.892. The Balaban J connectivity index is 1.53. The smallest absolute Gasteiger partial charge is 0.257 e. The van der Waals surface area contributed by atoms with Crippen LogP contribution in [-0.4, -0.2) is 47.8 Å². The van der Waals surface area contributed by atoms with Gasteiger partial charge in [-0.15, -0.1) is 0 Å². The number of aryl methyl sites for hydroxylation is 1. The highest BCUT2D eigenvalue weighted by Gasteiger charge is 2.26. The molecule has 3 rings (SSSR count). The molecule has 6 heteroatoms. The maximum atomic E-state index is 13.9. The Morgan fingerprint density at radius 1 is 0.962 bits per heavy atom. The Kier molecular flexibility index (Phi) is 5.89. The molecule has 26 heavy (non-hydrogen) atoms. The van der Waals surface area contributed by atoms with Crippen LogP contribution in [0.1, 0.15) is 22.3 Å². The average molecular weight is 375 g/mol. The van der Waals surface area contributed by atoms with E-state index in [9.17, 15) is 14.0 Å². The van der Waals surface area contributed by atoms with Crippen molar-refractivity contribution in [2.24, 2.45) is 0 Å². The number of carbonyl (C=O) groups is 2. The lowest BCUT2D eigenvalue weighted by atomic mass is 10.1. The highest BCUT2D eigenvalue weighted by molar-refractivity contribution is 6.31. The van der Waals surface area contributed by atoms with Crippen molar-refractivity contribution in [3.8, 4) is 0 Å². The molecule has 0 aromatic heterocycles. The van der Waals surface area contributed by atoms with Crippen molar-refractivity contribution in [3.63, 3.8) is 0 Å². The zero-order valence-corrected chi connectivity index (χ0v) is 15.1. The number of hydrogen-bond donors (Lipinski definition) is 0. The van der Waals surface area contributed by atoms with E-state index in [1.54, 1.807) is 9.80 Å². The highest BCUT2D eigenvalue weighted by atomic mass is 35.5. The summed E-state index contributed by atoms with van der Waals surface area (Å²) in [5, 5.41) is 0.324. The molecule has 0 saturated carbocycles. The predicted octanol–water partition coefficient (Wildman–Crippen LogP) is 3.40. The van der Waals surface area contributed by atoms with Gasteiger partial charge in [-0.3, -0.25) is 9.59 Å². The highest BCUT2D eigenvalue weighted by Crippen LogP contribution is 2.18. The third kappa shape index (κ3) is 4.41. The molecule has 0 spiro atoms. The minimum Gasteiger partial charge on any atom is -0.339 e. The van der Waals surface area contributed by atoms with Crippen LogP contribution in [0.5, 0.6) is 0 Å². The van der Waals surface area contributed by atoms with Crippen molar-refractivity contribution in [2.75, 3.05) is 26.2 Å². The number of hydrogen-bond acceptors (Lipinski definition) is 2. The van der Waals surface area contributed by atoms with Gasteiger partial charge < -0.3 is 9.80 Å². The van der Waals surface area contributed by atoms with Crippen LogP contribution in [0.2, 0.25) is 5.02 Å². The van der Waals surface area contributed by atoms with Crippen LogP contribution in [0.15, 0.2) is 48.5 Å². The molecule has 0 atom stereocenters. The second-order valence-corrected chi connectivity index (χ2v) is 6.72. The minimum absolute atomic E-state index is 0.0265. The molecule has 0 bridgehead atoms. The summed E-state index contributed by atoms with van der Waals surface area (Å²) in [7, 11) is 0. The summed E-state index contributed by atoms with van der Waals surface area (Å²) >= 11 is 5.86. The maximum absolute atomic E-state index is 13.9. The summed E-state index contributed by atoms with van der Waals surface area (Å²) in [6, 6.07) is 13.8. The van der Waals surface area contributed by atoms with E-state index < -0.39 is 5.82 Å². The van der Waals surface area contributed by atoms with Crippen LogP contribution in [0.3, 0.4) is 0 Å². The lowest BCUT2D eigenvalue weighted by molar-refractivity contribution is -0.132. The molecule has 0 N–H and O–H groups in total. The van der Waals surface area contributed by atoms with Crippen molar-refractivity contribution < 1.29 is 14.0 Å². The van der Waals surface area contributed by atoms with E-state index in [2.05, 4.69) is 0 Å². The lowest BCUT2D eigenvalue weighted by Gasteiger charge is -2.35. The summed E-state index contributed by atoms with van der Waals surface area (Å²) in [4.78, 5) is 28.2.